The molecule has 2 N–H and O–H groups in total. The Labute approximate surface area is 122 Å². The summed E-state index contributed by atoms with van der Waals surface area (Å²) in [5.74, 6) is 0. The number of nitrogens with one attached hydrogen (secondary N) is 1. The second-order valence-electron chi connectivity index (χ2n) is 4.94. The lowest BCUT2D eigenvalue weighted by molar-refractivity contribution is -0.0103. The van der Waals surface area contributed by atoms with E-state index in [0.717, 1.165) is 17.6 Å². The van der Waals surface area contributed by atoms with Gasteiger partial charge < -0.3 is 20.1 Å². The van der Waals surface area contributed by atoms with Crippen LogP contribution in [0.2, 0.25) is 0 Å². The summed E-state index contributed by atoms with van der Waals surface area (Å²) in [7, 11) is 1.95. The van der Waals surface area contributed by atoms with Gasteiger partial charge in [0, 0.05) is 29.3 Å². The molecule has 0 amide bonds. The van der Waals surface area contributed by atoms with Gasteiger partial charge >= 0.3 is 0 Å². The first-order valence-electron chi connectivity index (χ1n) is 6.57. The van der Waals surface area contributed by atoms with Gasteiger partial charge in [-0.15, -0.1) is 0 Å². The minimum Gasteiger partial charge on any atom is -0.394 e. The molecule has 0 bridgehead atoms. The van der Waals surface area contributed by atoms with Crippen LogP contribution in [0.15, 0.2) is 22.7 Å². The van der Waals surface area contributed by atoms with E-state index >= 15 is 0 Å². The van der Waals surface area contributed by atoms with Crippen LogP contribution in [0.3, 0.4) is 0 Å². The number of hydrogen-bond acceptors (Lipinski definition) is 4. The van der Waals surface area contributed by atoms with Crippen LogP contribution >= 0.6 is 15.9 Å². The first kappa shape index (κ1) is 14.8. The fourth-order valence-electron chi connectivity index (χ4n) is 2.41. The quantitative estimate of drug-likeness (QED) is 0.884. The second-order valence-corrected chi connectivity index (χ2v) is 5.86. The zero-order chi connectivity index (χ0) is 13.8. The number of anilines is 1. The molecule has 4 nitrogen and oxygen atoms in total. The minimum atomic E-state index is -0.0994. The zero-order valence-corrected chi connectivity index (χ0v) is 13.0. The number of aliphatic hydroxyl groups is 1. The van der Waals surface area contributed by atoms with E-state index in [9.17, 15) is 5.11 Å². The Bertz CT molecular complexity index is 428. The molecule has 1 heterocycles. The molecule has 0 spiro atoms. The third-order valence-corrected chi connectivity index (χ3v) is 3.93. The average molecular weight is 329 g/mol. The first-order chi connectivity index (χ1) is 9.15. The van der Waals surface area contributed by atoms with E-state index < -0.39 is 0 Å². The highest BCUT2D eigenvalue weighted by atomic mass is 79.9. The van der Waals surface area contributed by atoms with Gasteiger partial charge in [-0.1, -0.05) is 22.0 Å². The highest BCUT2D eigenvalue weighted by molar-refractivity contribution is 9.10. The van der Waals surface area contributed by atoms with Gasteiger partial charge in [0.25, 0.3) is 0 Å². The van der Waals surface area contributed by atoms with E-state index in [-0.39, 0.29) is 12.7 Å². The lowest BCUT2D eigenvalue weighted by Gasteiger charge is -2.40. The Morgan fingerprint density at radius 3 is 3.00 bits per heavy atom. The molecule has 5 heteroatoms. The number of ether oxygens (including phenoxy) is 1. The zero-order valence-electron chi connectivity index (χ0n) is 11.4. The SMILES string of the molecule is CNCc1ccc(Br)cc1N1CC(CO)OCC1C. The summed E-state index contributed by atoms with van der Waals surface area (Å²) in [6.45, 7) is 4.42. The summed E-state index contributed by atoms with van der Waals surface area (Å²) in [5, 5.41) is 12.5. The second kappa shape index (κ2) is 6.70. The van der Waals surface area contributed by atoms with Gasteiger partial charge in [0.2, 0.25) is 0 Å². The number of rotatable bonds is 4. The summed E-state index contributed by atoms with van der Waals surface area (Å²) in [6.07, 6.45) is -0.0994. The Morgan fingerprint density at radius 1 is 1.53 bits per heavy atom. The molecule has 1 aliphatic rings. The summed E-state index contributed by atoms with van der Waals surface area (Å²) in [5.41, 5.74) is 2.47. The van der Waals surface area contributed by atoms with Gasteiger partial charge in [0.05, 0.1) is 19.3 Å². The van der Waals surface area contributed by atoms with Gasteiger partial charge in [-0.05, 0) is 31.7 Å². The van der Waals surface area contributed by atoms with Gasteiger partial charge in [-0.2, -0.15) is 0 Å². The third-order valence-electron chi connectivity index (χ3n) is 3.43. The maximum atomic E-state index is 9.30. The molecule has 0 aliphatic carbocycles. The summed E-state index contributed by atoms with van der Waals surface area (Å²) in [6, 6.07) is 6.65. The molecular weight excluding hydrogens is 308 g/mol. The standard InChI is InChI=1S/C14H21BrN2O2/c1-10-9-19-13(8-18)7-17(10)14-5-12(15)4-3-11(14)6-16-2/h3-5,10,13,16,18H,6-9H2,1-2H3. The Morgan fingerprint density at radius 2 is 2.32 bits per heavy atom. The van der Waals surface area contributed by atoms with Crippen molar-refractivity contribution in [3.63, 3.8) is 0 Å². The van der Waals surface area contributed by atoms with E-state index in [0.29, 0.717) is 12.6 Å². The third kappa shape index (κ3) is 3.48. The monoisotopic (exact) mass is 328 g/mol. The van der Waals surface area contributed by atoms with E-state index in [1.165, 1.54) is 11.3 Å². The molecule has 2 unspecified atom stereocenters. The molecule has 19 heavy (non-hydrogen) atoms. The minimum absolute atomic E-state index is 0.0680. The van der Waals surface area contributed by atoms with Crippen LogP contribution in [0.25, 0.3) is 0 Å². The van der Waals surface area contributed by atoms with Crippen molar-refractivity contribution in [1.82, 2.24) is 5.32 Å². The van der Waals surface area contributed by atoms with Crippen molar-refractivity contribution in [2.45, 2.75) is 25.6 Å². The Hall–Kier alpha value is -0.620. The fourth-order valence-corrected chi connectivity index (χ4v) is 2.76. The van der Waals surface area contributed by atoms with Gasteiger partial charge in [0.15, 0.2) is 0 Å². The van der Waals surface area contributed by atoms with E-state index in [1.54, 1.807) is 0 Å². The molecule has 0 aromatic heterocycles. The van der Waals surface area contributed by atoms with Crippen molar-refractivity contribution in [2.75, 3.05) is 31.7 Å². The Balaban J connectivity index is 2.29. The van der Waals surface area contributed by atoms with Crippen LogP contribution in [0, 0.1) is 0 Å². The smallest absolute Gasteiger partial charge is 0.0981 e. The van der Waals surface area contributed by atoms with Crippen molar-refractivity contribution in [1.29, 1.82) is 0 Å². The largest absolute Gasteiger partial charge is 0.394 e. The molecule has 1 aromatic carbocycles. The van der Waals surface area contributed by atoms with Crippen molar-refractivity contribution in [2.24, 2.45) is 0 Å². The lowest BCUT2D eigenvalue weighted by Crippen LogP contribution is -2.50. The average Bonchev–Trinajstić information content (AvgIpc) is 2.42. The van der Waals surface area contributed by atoms with E-state index in [1.807, 2.05) is 7.05 Å². The summed E-state index contributed by atoms with van der Waals surface area (Å²) in [4.78, 5) is 2.32. The van der Waals surface area contributed by atoms with Gasteiger partial charge in [0.1, 0.15) is 0 Å². The molecular formula is C14H21BrN2O2. The van der Waals surface area contributed by atoms with Crippen LogP contribution in [0.5, 0.6) is 0 Å². The summed E-state index contributed by atoms with van der Waals surface area (Å²) >= 11 is 3.54. The molecule has 106 valence electrons. The first-order valence-corrected chi connectivity index (χ1v) is 7.37. The number of halogens is 1. The number of benzene rings is 1. The maximum absolute atomic E-state index is 9.30. The molecule has 0 saturated carbocycles. The summed E-state index contributed by atoms with van der Waals surface area (Å²) < 4.78 is 6.67. The van der Waals surface area contributed by atoms with Crippen molar-refractivity contribution in [3.8, 4) is 0 Å². The van der Waals surface area contributed by atoms with Crippen LogP contribution in [0.4, 0.5) is 5.69 Å². The highest BCUT2D eigenvalue weighted by Crippen LogP contribution is 2.29. The molecule has 1 aliphatic heterocycles. The predicted octanol–water partition coefficient (Wildman–Crippen LogP) is 1.75. The molecule has 1 fully saturated rings. The van der Waals surface area contributed by atoms with Crippen LogP contribution < -0.4 is 10.2 Å². The number of morpholine rings is 1. The topological polar surface area (TPSA) is 44.7 Å². The van der Waals surface area contributed by atoms with E-state index in [2.05, 4.69) is 51.3 Å². The molecule has 0 radical (unpaired) electrons. The van der Waals surface area contributed by atoms with Crippen LogP contribution in [0.1, 0.15) is 12.5 Å². The van der Waals surface area contributed by atoms with Crippen LogP contribution in [-0.4, -0.2) is 44.1 Å². The predicted molar refractivity (Wildman–Crippen MR) is 80.5 cm³/mol. The number of hydrogen-bond donors (Lipinski definition) is 2. The van der Waals surface area contributed by atoms with Crippen molar-refractivity contribution < 1.29 is 9.84 Å². The lowest BCUT2D eigenvalue weighted by atomic mass is 10.1. The van der Waals surface area contributed by atoms with Gasteiger partial charge in [-0.25, -0.2) is 0 Å². The molecule has 2 rings (SSSR count). The fraction of sp³-hybridized carbons (Fsp3) is 0.571. The molecule has 2 atom stereocenters. The molecule has 1 saturated heterocycles. The Kier molecular flexibility index (Phi) is 5.21. The van der Waals surface area contributed by atoms with Crippen molar-refractivity contribution >= 4 is 21.6 Å². The molecule has 1 aromatic rings. The van der Waals surface area contributed by atoms with E-state index in [4.69, 9.17) is 4.74 Å². The maximum Gasteiger partial charge on any atom is 0.0981 e. The van der Waals surface area contributed by atoms with Crippen LogP contribution in [-0.2, 0) is 11.3 Å². The number of aliphatic hydroxyl groups excluding tert-OH is 1. The van der Waals surface area contributed by atoms with Gasteiger partial charge in [-0.3, -0.25) is 0 Å². The normalized spacial score (nSPS) is 23.7. The number of nitrogens with zero attached hydrogens (tertiary/aromatic N) is 1. The van der Waals surface area contributed by atoms with Crippen molar-refractivity contribution in [3.05, 3.63) is 28.2 Å². The highest BCUT2D eigenvalue weighted by Gasteiger charge is 2.27.